The number of urea groups is 1. The van der Waals surface area contributed by atoms with Crippen molar-refractivity contribution in [3.63, 3.8) is 0 Å². The zero-order valence-electron chi connectivity index (χ0n) is 14.5. The van der Waals surface area contributed by atoms with Crippen LogP contribution in [0.15, 0.2) is 24.3 Å². The van der Waals surface area contributed by atoms with Crippen LogP contribution in [0.4, 0.5) is 19.3 Å². The molecule has 1 fully saturated rings. The maximum atomic E-state index is 12.6. The first-order valence-corrected chi connectivity index (χ1v) is 8.32. The van der Waals surface area contributed by atoms with Crippen LogP contribution in [0.1, 0.15) is 24.2 Å². The van der Waals surface area contributed by atoms with E-state index in [1.165, 1.54) is 0 Å². The summed E-state index contributed by atoms with van der Waals surface area (Å²) in [6, 6.07) is 6.38. The lowest BCUT2D eigenvalue weighted by atomic mass is 10.1. The van der Waals surface area contributed by atoms with Gasteiger partial charge in [-0.25, -0.2) is 13.6 Å². The quantitative estimate of drug-likeness (QED) is 0.852. The number of benzene rings is 1. The van der Waals surface area contributed by atoms with Crippen molar-refractivity contribution in [2.45, 2.75) is 26.3 Å². The van der Waals surface area contributed by atoms with Crippen molar-refractivity contribution < 1.29 is 18.4 Å². The van der Waals surface area contributed by atoms with Gasteiger partial charge in [-0.15, -0.1) is 0 Å². The molecule has 0 radical (unpaired) electrons. The highest BCUT2D eigenvalue weighted by Crippen LogP contribution is 2.14. The molecule has 2 N–H and O–H groups in total. The predicted octanol–water partition coefficient (Wildman–Crippen LogP) is 2.24. The third kappa shape index (κ3) is 5.97. The monoisotopic (exact) mass is 354 g/mol. The van der Waals surface area contributed by atoms with E-state index in [0.717, 1.165) is 0 Å². The number of alkyl halides is 2. The Morgan fingerprint density at radius 2 is 1.84 bits per heavy atom. The molecular formula is C17H24F2N4O2. The van der Waals surface area contributed by atoms with Gasteiger partial charge >= 0.3 is 6.03 Å². The molecule has 1 aromatic rings. The number of carbonyl (C=O) groups is 2. The SMILES string of the molecule is CC(C)NC(=O)Nc1cccc(C(=O)N2CCN(CC(F)F)CC2)c1. The number of rotatable bonds is 5. The molecule has 1 aliphatic rings. The molecule has 25 heavy (non-hydrogen) atoms. The zero-order chi connectivity index (χ0) is 18.4. The molecule has 6 nitrogen and oxygen atoms in total. The Morgan fingerprint density at radius 1 is 1.16 bits per heavy atom. The van der Waals surface area contributed by atoms with Crippen LogP contribution in [-0.4, -0.2) is 66.9 Å². The Morgan fingerprint density at radius 3 is 2.44 bits per heavy atom. The van der Waals surface area contributed by atoms with Gasteiger partial charge in [0.1, 0.15) is 0 Å². The van der Waals surface area contributed by atoms with Gasteiger partial charge in [-0.1, -0.05) is 6.07 Å². The van der Waals surface area contributed by atoms with Crippen molar-refractivity contribution in [3.05, 3.63) is 29.8 Å². The van der Waals surface area contributed by atoms with Gasteiger partial charge in [0.15, 0.2) is 0 Å². The zero-order valence-corrected chi connectivity index (χ0v) is 14.5. The second kappa shape index (κ2) is 8.75. The predicted molar refractivity (Wildman–Crippen MR) is 92.1 cm³/mol. The number of nitrogens with one attached hydrogen (secondary N) is 2. The standard InChI is InChI=1S/C17H24F2N4O2/c1-12(2)20-17(25)21-14-5-3-4-13(10-14)16(24)23-8-6-22(7-9-23)11-15(18)19/h3-5,10,12,15H,6-9,11H2,1-2H3,(H2,20,21,25). The lowest BCUT2D eigenvalue weighted by Crippen LogP contribution is -2.49. The van der Waals surface area contributed by atoms with Crippen LogP contribution in [0, 0.1) is 0 Å². The third-order valence-corrected chi connectivity index (χ3v) is 3.84. The van der Waals surface area contributed by atoms with E-state index in [4.69, 9.17) is 0 Å². The molecular weight excluding hydrogens is 330 g/mol. The largest absolute Gasteiger partial charge is 0.336 e. The van der Waals surface area contributed by atoms with Gasteiger partial charge in [0.2, 0.25) is 0 Å². The Bertz CT molecular complexity index is 602. The molecule has 0 aromatic heterocycles. The summed E-state index contributed by atoms with van der Waals surface area (Å²) < 4.78 is 24.8. The molecule has 0 bridgehead atoms. The van der Waals surface area contributed by atoms with E-state index in [-0.39, 0.29) is 24.5 Å². The second-order valence-corrected chi connectivity index (χ2v) is 6.32. The first-order chi connectivity index (χ1) is 11.8. The highest BCUT2D eigenvalue weighted by molar-refractivity contribution is 5.97. The van der Waals surface area contributed by atoms with Crippen LogP contribution >= 0.6 is 0 Å². The van der Waals surface area contributed by atoms with Gasteiger partial charge in [0, 0.05) is 43.5 Å². The van der Waals surface area contributed by atoms with Crippen molar-refractivity contribution in [1.29, 1.82) is 0 Å². The van der Waals surface area contributed by atoms with Gasteiger partial charge < -0.3 is 15.5 Å². The number of anilines is 1. The third-order valence-electron chi connectivity index (χ3n) is 3.84. The minimum atomic E-state index is -2.36. The van der Waals surface area contributed by atoms with Crippen LogP contribution in [0.2, 0.25) is 0 Å². The summed E-state index contributed by atoms with van der Waals surface area (Å²) in [5.41, 5.74) is 0.991. The van der Waals surface area contributed by atoms with Gasteiger partial charge in [0.25, 0.3) is 12.3 Å². The first-order valence-electron chi connectivity index (χ1n) is 8.32. The number of amides is 3. The average molecular weight is 354 g/mol. The fourth-order valence-electron chi connectivity index (χ4n) is 2.67. The second-order valence-electron chi connectivity index (χ2n) is 6.32. The van der Waals surface area contributed by atoms with Crippen LogP contribution in [0.5, 0.6) is 0 Å². The lowest BCUT2D eigenvalue weighted by molar-refractivity contribution is 0.0459. The Labute approximate surface area is 146 Å². The number of hydrogen-bond donors (Lipinski definition) is 2. The normalized spacial score (nSPS) is 15.5. The van der Waals surface area contributed by atoms with E-state index in [0.29, 0.717) is 37.4 Å². The highest BCUT2D eigenvalue weighted by atomic mass is 19.3. The van der Waals surface area contributed by atoms with Crippen LogP contribution < -0.4 is 10.6 Å². The van der Waals surface area contributed by atoms with Crippen molar-refractivity contribution in [2.75, 3.05) is 38.0 Å². The van der Waals surface area contributed by atoms with E-state index < -0.39 is 6.43 Å². The van der Waals surface area contributed by atoms with Gasteiger partial charge in [-0.05, 0) is 32.0 Å². The number of hydrogen-bond acceptors (Lipinski definition) is 3. The summed E-state index contributed by atoms with van der Waals surface area (Å²) >= 11 is 0. The lowest BCUT2D eigenvalue weighted by Gasteiger charge is -2.34. The fraction of sp³-hybridized carbons (Fsp3) is 0.529. The molecule has 1 aromatic carbocycles. The fourth-order valence-corrected chi connectivity index (χ4v) is 2.67. The van der Waals surface area contributed by atoms with Gasteiger partial charge in [-0.2, -0.15) is 0 Å². The van der Waals surface area contributed by atoms with E-state index >= 15 is 0 Å². The van der Waals surface area contributed by atoms with Crippen molar-refractivity contribution in [1.82, 2.24) is 15.1 Å². The molecule has 1 heterocycles. The summed E-state index contributed by atoms with van der Waals surface area (Å²) in [4.78, 5) is 27.6. The van der Waals surface area contributed by atoms with E-state index in [2.05, 4.69) is 10.6 Å². The van der Waals surface area contributed by atoms with Gasteiger partial charge in [-0.3, -0.25) is 9.69 Å². The maximum absolute atomic E-state index is 12.6. The summed E-state index contributed by atoms with van der Waals surface area (Å²) in [7, 11) is 0. The molecule has 0 spiro atoms. The average Bonchev–Trinajstić information content (AvgIpc) is 2.53. The summed E-state index contributed by atoms with van der Waals surface area (Å²) in [6.45, 7) is 5.15. The van der Waals surface area contributed by atoms with Crippen LogP contribution in [0.3, 0.4) is 0 Å². The topological polar surface area (TPSA) is 64.7 Å². The Kier molecular flexibility index (Phi) is 6.69. The number of piperazine rings is 1. The van der Waals surface area contributed by atoms with Crippen LogP contribution in [-0.2, 0) is 0 Å². The molecule has 0 saturated carbocycles. The molecule has 0 aliphatic carbocycles. The molecule has 8 heteroatoms. The summed E-state index contributed by atoms with van der Waals surface area (Å²) in [5, 5.41) is 5.40. The molecule has 0 atom stereocenters. The number of halogens is 2. The summed E-state index contributed by atoms with van der Waals surface area (Å²) in [5.74, 6) is -0.162. The van der Waals surface area contributed by atoms with E-state index in [1.54, 1.807) is 34.1 Å². The highest BCUT2D eigenvalue weighted by Gasteiger charge is 2.23. The van der Waals surface area contributed by atoms with Crippen LogP contribution in [0.25, 0.3) is 0 Å². The van der Waals surface area contributed by atoms with Crippen molar-refractivity contribution >= 4 is 17.6 Å². The first kappa shape index (κ1) is 19.1. The molecule has 1 saturated heterocycles. The molecule has 3 amide bonds. The molecule has 1 aliphatic heterocycles. The van der Waals surface area contributed by atoms with Crippen molar-refractivity contribution in [3.8, 4) is 0 Å². The summed E-state index contributed by atoms with van der Waals surface area (Å²) in [6.07, 6.45) is -2.36. The number of nitrogens with zero attached hydrogens (tertiary/aromatic N) is 2. The Hall–Kier alpha value is -2.22. The minimum Gasteiger partial charge on any atom is -0.336 e. The maximum Gasteiger partial charge on any atom is 0.319 e. The minimum absolute atomic E-state index is 0.00866. The molecule has 2 rings (SSSR count). The number of carbonyl (C=O) groups excluding carboxylic acids is 2. The van der Waals surface area contributed by atoms with E-state index in [9.17, 15) is 18.4 Å². The van der Waals surface area contributed by atoms with E-state index in [1.807, 2.05) is 13.8 Å². The molecule has 138 valence electrons. The van der Waals surface area contributed by atoms with Gasteiger partial charge in [0.05, 0.1) is 6.54 Å². The molecule has 0 unspecified atom stereocenters. The Balaban J connectivity index is 1.94. The van der Waals surface area contributed by atoms with Crippen molar-refractivity contribution in [2.24, 2.45) is 0 Å². The smallest absolute Gasteiger partial charge is 0.319 e.